The number of hydrogen-bond acceptors (Lipinski definition) is 4. The quantitative estimate of drug-likeness (QED) is 0.564. The Morgan fingerprint density at radius 1 is 1.53 bits per heavy atom. The first-order chi connectivity index (χ1) is 7.13. The van der Waals surface area contributed by atoms with Gasteiger partial charge in [0.1, 0.15) is 6.04 Å². The number of benzene rings is 1. The highest BCUT2D eigenvalue weighted by Gasteiger charge is 2.14. The van der Waals surface area contributed by atoms with Gasteiger partial charge in [0.15, 0.2) is 0 Å². The standard InChI is InChI=1S/C11H16N2O2/c1-2-15-11(14)10(13)7-8-4-3-5-9(12)6-8/h3-6,10H,2,7,12-13H2,1H3. The van der Waals surface area contributed by atoms with Crippen molar-refractivity contribution < 1.29 is 9.53 Å². The normalized spacial score (nSPS) is 12.1. The minimum absolute atomic E-state index is 0.351. The monoisotopic (exact) mass is 208 g/mol. The van der Waals surface area contributed by atoms with Crippen molar-refractivity contribution in [1.29, 1.82) is 0 Å². The highest BCUT2D eigenvalue weighted by Crippen LogP contribution is 2.08. The van der Waals surface area contributed by atoms with Gasteiger partial charge in [-0.2, -0.15) is 0 Å². The fraction of sp³-hybridized carbons (Fsp3) is 0.364. The molecule has 0 saturated heterocycles. The van der Waals surface area contributed by atoms with E-state index in [2.05, 4.69) is 0 Å². The number of hydrogen-bond donors (Lipinski definition) is 2. The summed E-state index contributed by atoms with van der Waals surface area (Å²) in [6.07, 6.45) is 0.448. The summed E-state index contributed by atoms with van der Waals surface area (Å²) in [7, 11) is 0. The van der Waals surface area contributed by atoms with Crippen LogP contribution in [0.1, 0.15) is 12.5 Å². The van der Waals surface area contributed by atoms with Gasteiger partial charge in [0.25, 0.3) is 0 Å². The van der Waals surface area contributed by atoms with Gasteiger partial charge in [-0.25, -0.2) is 0 Å². The summed E-state index contributed by atoms with van der Waals surface area (Å²) in [5.41, 5.74) is 12.9. The lowest BCUT2D eigenvalue weighted by atomic mass is 10.1. The van der Waals surface area contributed by atoms with Crippen molar-refractivity contribution in [2.75, 3.05) is 12.3 Å². The zero-order chi connectivity index (χ0) is 11.3. The van der Waals surface area contributed by atoms with E-state index in [1.807, 2.05) is 12.1 Å². The molecule has 0 aliphatic carbocycles. The van der Waals surface area contributed by atoms with Crippen molar-refractivity contribution in [3.8, 4) is 0 Å². The first kappa shape index (κ1) is 11.5. The molecule has 0 bridgehead atoms. The summed E-state index contributed by atoms with van der Waals surface area (Å²) in [5, 5.41) is 0. The van der Waals surface area contributed by atoms with E-state index in [0.717, 1.165) is 5.56 Å². The maximum atomic E-state index is 11.3. The predicted octanol–water partition coefficient (Wildman–Crippen LogP) is 0.702. The molecule has 4 N–H and O–H groups in total. The highest BCUT2D eigenvalue weighted by atomic mass is 16.5. The van der Waals surface area contributed by atoms with E-state index in [9.17, 15) is 4.79 Å². The lowest BCUT2D eigenvalue weighted by Gasteiger charge is -2.10. The second kappa shape index (κ2) is 5.36. The zero-order valence-corrected chi connectivity index (χ0v) is 8.77. The van der Waals surface area contributed by atoms with Gasteiger partial charge in [-0.05, 0) is 31.0 Å². The summed E-state index contributed by atoms with van der Waals surface area (Å²) >= 11 is 0. The van der Waals surface area contributed by atoms with E-state index in [4.69, 9.17) is 16.2 Å². The zero-order valence-electron chi connectivity index (χ0n) is 8.77. The van der Waals surface area contributed by atoms with Gasteiger partial charge in [-0.15, -0.1) is 0 Å². The summed E-state index contributed by atoms with van der Waals surface area (Å²) in [6.45, 7) is 2.11. The van der Waals surface area contributed by atoms with Crippen LogP contribution < -0.4 is 11.5 Å². The molecule has 4 heteroatoms. The molecule has 0 heterocycles. The Bertz CT molecular complexity index is 339. The van der Waals surface area contributed by atoms with Crippen molar-refractivity contribution in [2.24, 2.45) is 5.73 Å². The number of nitrogen functional groups attached to an aromatic ring is 1. The molecule has 0 radical (unpaired) electrons. The Balaban J connectivity index is 2.58. The summed E-state index contributed by atoms with van der Waals surface area (Å²) < 4.78 is 4.81. The van der Waals surface area contributed by atoms with E-state index in [0.29, 0.717) is 18.7 Å². The van der Waals surface area contributed by atoms with Gasteiger partial charge in [-0.1, -0.05) is 12.1 Å². The van der Waals surface area contributed by atoms with Gasteiger partial charge in [0.2, 0.25) is 0 Å². The maximum absolute atomic E-state index is 11.3. The lowest BCUT2D eigenvalue weighted by Crippen LogP contribution is -2.34. The third-order valence-corrected chi connectivity index (χ3v) is 2.00. The average molecular weight is 208 g/mol. The first-order valence-electron chi connectivity index (χ1n) is 4.90. The Morgan fingerprint density at radius 2 is 2.27 bits per heavy atom. The van der Waals surface area contributed by atoms with Crippen LogP contribution in [-0.2, 0) is 16.0 Å². The second-order valence-corrected chi connectivity index (χ2v) is 3.31. The van der Waals surface area contributed by atoms with E-state index in [1.165, 1.54) is 0 Å². The maximum Gasteiger partial charge on any atom is 0.323 e. The van der Waals surface area contributed by atoms with E-state index in [1.54, 1.807) is 19.1 Å². The van der Waals surface area contributed by atoms with Crippen LogP contribution in [0, 0.1) is 0 Å². The van der Waals surface area contributed by atoms with Gasteiger partial charge < -0.3 is 16.2 Å². The fourth-order valence-electron chi connectivity index (χ4n) is 1.31. The Labute approximate surface area is 89.2 Å². The van der Waals surface area contributed by atoms with Gasteiger partial charge in [0, 0.05) is 5.69 Å². The van der Waals surface area contributed by atoms with Crippen LogP contribution in [0.3, 0.4) is 0 Å². The smallest absolute Gasteiger partial charge is 0.323 e. The number of rotatable bonds is 4. The summed E-state index contributed by atoms with van der Waals surface area (Å²) in [6, 6.07) is 6.70. The molecule has 1 aromatic carbocycles. The van der Waals surface area contributed by atoms with Gasteiger partial charge in [0.05, 0.1) is 6.61 Å². The van der Waals surface area contributed by atoms with Crippen LogP contribution in [0.2, 0.25) is 0 Å². The highest BCUT2D eigenvalue weighted by molar-refractivity contribution is 5.75. The minimum atomic E-state index is -0.619. The average Bonchev–Trinajstić information content (AvgIpc) is 2.18. The van der Waals surface area contributed by atoms with Crippen molar-refractivity contribution >= 4 is 11.7 Å². The lowest BCUT2D eigenvalue weighted by molar-refractivity contribution is -0.144. The molecule has 82 valence electrons. The molecular formula is C11H16N2O2. The summed E-state index contributed by atoms with van der Waals surface area (Å²) in [5.74, 6) is -0.375. The van der Waals surface area contributed by atoms with Gasteiger partial charge in [-0.3, -0.25) is 4.79 Å². The van der Waals surface area contributed by atoms with E-state index in [-0.39, 0.29) is 5.97 Å². The van der Waals surface area contributed by atoms with Crippen molar-refractivity contribution in [3.63, 3.8) is 0 Å². The molecule has 1 rings (SSSR count). The minimum Gasteiger partial charge on any atom is -0.465 e. The third kappa shape index (κ3) is 3.59. The molecule has 15 heavy (non-hydrogen) atoms. The second-order valence-electron chi connectivity index (χ2n) is 3.31. The number of esters is 1. The molecule has 0 aliphatic heterocycles. The van der Waals surface area contributed by atoms with Crippen molar-refractivity contribution in [1.82, 2.24) is 0 Å². The fourth-order valence-corrected chi connectivity index (χ4v) is 1.31. The van der Waals surface area contributed by atoms with Gasteiger partial charge >= 0.3 is 5.97 Å². The van der Waals surface area contributed by atoms with Crippen molar-refractivity contribution in [3.05, 3.63) is 29.8 Å². The molecule has 0 amide bonds. The Morgan fingerprint density at radius 3 is 2.87 bits per heavy atom. The van der Waals surface area contributed by atoms with Crippen LogP contribution in [0.4, 0.5) is 5.69 Å². The van der Waals surface area contributed by atoms with Crippen LogP contribution in [-0.4, -0.2) is 18.6 Å². The molecule has 0 spiro atoms. The SMILES string of the molecule is CCOC(=O)C(N)Cc1cccc(N)c1. The number of ether oxygens (including phenoxy) is 1. The molecule has 1 aromatic rings. The largest absolute Gasteiger partial charge is 0.465 e. The molecule has 0 fully saturated rings. The molecule has 0 aromatic heterocycles. The van der Waals surface area contributed by atoms with Crippen LogP contribution in [0.15, 0.2) is 24.3 Å². The molecule has 1 atom stereocenters. The summed E-state index contributed by atoms with van der Waals surface area (Å²) in [4.78, 5) is 11.3. The number of anilines is 1. The first-order valence-corrected chi connectivity index (χ1v) is 4.90. The molecule has 1 unspecified atom stereocenters. The molecule has 4 nitrogen and oxygen atoms in total. The Hall–Kier alpha value is -1.55. The molecule has 0 saturated carbocycles. The number of carbonyl (C=O) groups is 1. The van der Waals surface area contributed by atoms with E-state index < -0.39 is 6.04 Å². The molecule has 0 aliphatic rings. The van der Waals surface area contributed by atoms with Crippen LogP contribution in [0.25, 0.3) is 0 Å². The topological polar surface area (TPSA) is 78.3 Å². The predicted molar refractivity (Wildman–Crippen MR) is 59.2 cm³/mol. The molecular weight excluding hydrogens is 192 g/mol. The third-order valence-electron chi connectivity index (χ3n) is 2.00. The van der Waals surface area contributed by atoms with Crippen molar-refractivity contribution in [2.45, 2.75) is 19.4 Å². The van der Waals surface area contributed by atoms with Crippen LogP contribution >= 0.6 is 0 Å². The Kier molecular flexibility index (Phi) is 4.12. The van der Waals surface area contributed by atoms with E-state index >= 15 is 0 Å². The van der Waals surface area contributed by atoms with Crippen LogP contribution in [0.5, 0.6) is 0 Å². The number of carbonyl (C=O) groups excluding carboxylic acids is 1. The number of nitrogens with two attached hydrogens (primary N) is 2.